The zero-order valence-electron chi connectivity index (χ0n) is 17.7. The van der Waals surface area contributed by atoms with Gasteiger partial charge in [-0.15, -0.1) is 0 Å². The molecule has 8 heteroatoms. The maximum Gasteiger partial charge on any atom is 0.184 e. The van der Waals surface area contributed by atoms with Crippen molar-refractivity contribution < 1.29 is 13.2 Å². The van der Waals surface area contributed by atoms with E-state index in [0.29, 0.717) is 31.3 Å². The summed E-state index contributed by atoms with van der Waals surface area (Å²) in [5, 5.41) is 1.10. The Kier molecular flexibility index (Phi) is 5.40. The van der Waals surface area contributed by atoms with Crippen LogP contribution in [0.25, 0.3) is 22.3 Å². The van der Waals surface area contributed by atoms with Crippen molar-refractivity contribution in [1.82, 2.24) is 15.0 Å². The van der Waals surface area contributed by atoms with E-state index in [2.05, 4.69) is 21.8 Å². The number of aromatic nitrogens is 3. The third kappa shape index (κ3) is 4.11. The van der Waals surface area contributed by atoms with Crippen molar-refractivity contribution in [2.75, 3.05) is 24.7 Å². The molecular formula is C24H24N4O3S. The lowest BCUT2D eigenvalue weighted by Crippen LogP contribution is -2.44. The van der Waals surface area contributed by atoms with Crippen LogP contribution in [0.2, 0.25) is 0 Å². The van der Waals surface area contributed by atoms with Crippen molar-refractivity contribution >= 4 is 26.6 Å². The van der Waals surface area contributed by atoms with Crippen molar-refractivity contribution in [3.05, 3.63) is 72.6 Å². The molecule has 1 fully saturated rings. The smallest absolute Gasteiger partial charge is 0.184 e. The van der Waals surface area contributed by atoms with E-state index in [1.54, 1.807) is 36.4 Å². The molecule has 164 valence electrons. The monoisotopic (exact) mass is 448 g/mol. The third-order valence-corrected chi connectivity index (χ3v) is 7.35. The zero-order chi connectivity index (χ0) is 22.1. The molecule has 3 heterocycles. The highest BCUT2D eigenvalue weighted by Crippen LogP contribution is 2.27. The maximum absolute atomic E-state index is 13.0. The van der Waals surface area contributed by atoms with Gasteiger partial charge in [0.15, 0.2) is 15.7 Å². The molecule has 0 radical (unpaired) electrons. The SMILES string of the molecule is C[C@H]1COCCN1c1cc(CS(=O)(=O)c2ccccc2)nc(-c2ccc3cc[nH]c3c2)n1. The second-order valence-corrected chi connectivity index (χ2v) is 10.00. The van der Waals surface area contributed by atoms with Gasteiger partial charge in [-0.2, -0.15) is 0 Å². The summed E-state index contributed by atoms with van der Waals surface area (Å²) in [5.74, 6) is 1.04. The number of fused-ring (bicyclic) bond motifs is 1. The highest BCUT2D eigenvalue weighted by atomic mass is 32.2. The average molecular weight is 449 g/mol. The van der Waals surface area contributed by atoms with E-state index in [1.807, 2.05) is 30.5 Å². The molecule has 7 nitrogen and oxygen atoms in total. The fourth-order valence-electron chi connectivity index (χ4n) is 3.99. The first kappa shape index (κ1) is 20.7. The summed E-state index contributed by atoms with van der Waals surface area (Å²) in [4.78, 5) is 15.1. The van der Waals surface area contributed by atoms with Crippen molar-refractivity contribution in [2.24, 2.45) is 0 Å². The number of ether oxygens (including phenoxy) is 1. The molecular weight excluding hydrogens is 424 g/mol. The second-order valence-electron chi connectivity index (χ2n) is 8.01. The van der Waals surface area contributed by atoms with Crippen molar-refractivity contribution in [3.8, 4) is 11.4 Å². The Morgan fingerprint density at radius 1 is 1.09 bits per heavy atom. The van der Waals surface area contributed by atoms with Crippen LogP contribution in [0.1, 0.15) is 12.6 Å². The molecule has 1 atom stereocenters. The fraction of sp³-hybridized carbons (Fsp3) is 0.250. The van der Waals surface area contributed by atoms with E-state index in [-0.39, 0.29) is 16.7 Å². The first-order valence-corrected chi connectivity index (χ1v) is 12.2. The molecule has 0 saturated carbocycles. The van der Waals surface area contributed by atoms with Gasteiger partial charge in [0.25, 0.3) is 0 Å². The van der Waals surface area contributed by atoms with Gasteiger partial charge in [-0.3, -0.25) is 0 Å². The van der Waals surface area contributed by atoms with Crippen LogP contribution in [-0.4, -0.2) is 49.2 Å². The highest BCUT2D eigenvalue weighted by Gasteiger charge is 2.24. The molecule has 5 rings (SSSR count). The van der Waals surface area contributed by atoms with E-state index < -0.39 is 9.84 Å². The van der Waals surface area contributed by atoms with Gasteiger partial charge in [-0.05, 0) is 36.6 Å². The van der Waals surface area contributed by atoms with Crippen LogP contribution in [-0.2, 0) is 20.3 Å². The van der Waals surface area contributed by atoms with Gasteiger partial charge in [-0.1, -0.05) is 30.3 Å². The second kappa shape index (κ2) is 8.37. The molecule has 1 aliphatic rings. The number of hydrogen-bond donors (Lipinski definition) is 1. The minimum atomic E-state index is -3.54. The Hall–Kier alpha value is -3.23. The molecule has 0 unspecified atom stereocenters. The van der Waals surface area contributed by atoms with Crippen molar-refractivity contribution in [1.29, 1.82) is 0 Å². The summed E-state index contributed by atoms with van der Waals surface area (Å²) < 4.78 is 31.7. The lowest BCUT2D eigenvalue weighted by atomic mass is 10.1. The van der Waals surface area contributed by atoms with Crippen LogP contribution in [0.3, 0.4) is 0 Å². The summed E-state index contributed by atoms with van der Waals surface area (Å²) in [6.07, 6.45) is 1.89. The molecule has 0 bridgehead atoms. The van der Waals surface area contributed by atoms with Crippen LogP contribution < -0.4 is 4.90 Å². The molecule has 1 aliphatic heterocycles. The van der Waals surface area contributed by atoms with Gasteiger partial charge in [0.1, 0.15) is 5.82 Å². The first-order chi connectivity index (χ1) is 15.5. The topological polar surface area (TPSA) is 88.2 Å². The Labute approximate surface area is 187 Å². The average Bonchev–Trinajstić information content (AvgIpc) is 3.27. The number of hydrogen-bond acceptors (Lipinski definition) is 6. The van der Waals surface area contributed by atoms with E-state index in [0.717, 1.165) is 22.3 Å². The molecule has 2 aromatic carbocycles. The number of nitrogens with zero attached hydrogens (tertiary/aromatic N) is 3. The summed E-state index contributed by atoms with van der Waals surface area (Å²) in [5.41, 5.74) is 2.29. The molecule has 0 aliphatic carbocycles. The zero-order valence-corrected chi connectivity index (χ0v) is 18.5. The molecule has 1 saturated heterocycles. The highest BCUT2D eigenvalue weighted by molar-refractivity contribution is 7.90. The van der Waals surface area contributed by atoms with Gasteiger partial charge < -0.3 is 14.6 Å². The van der Waals surface area contributed by atoms with E-state index >= 15 is 0 Å². The quantitative estimate of drug-likeness (QED) is 0.499. The molecule has 4 aromatic rings. The van der Waals surface area contributed by atoms with Crippen LogP contribution in [0.15, 0.2) is 71.8 Å². The number of sulfone groups is 1. The first-order valence-electron chi connectivity index (χ1n) is 10.6. The predicted octanol–water partition coefficient (Wildman–Crippen LogP) is 3.82. The minimum absolute atomic E-state index is 0.135. The lowest BCUT2D eigenvalue weighted by Gasteiger charge is -2.34. The molecule has 32 heavy (non-hydrogen) atoms. The Balaban J connectivity index is 1.59. The van der Waals surface area contributed by atoms with Gasteiger partial charge in [0.2, 0.25) is 0 Å². The standard InChI is InChI=1S/C24H24N4O3S/c1-17-15-31-12-11-28(17)23-14-20(16-32(29,30)21-5-3-2-4-6-21)26-24(27-23)19-8-7-18-9-10-25-22(18)13-19/h2-10,13-14,17,25H,11-12,15-16H2,1H3/t17-/m0/s1. The van der Waals surface area contributed by atoms with Crippen LogP contribution in [0.4, 0.5) is 5.82 Å². The summed E-state index contributed by atoms with van der Waals surface area (Å²) in [6, 6.07) is 18.4. The van der Waals surface area contributed by atoms with Crippen LogP contribution >= 0.6 is 0 Å². The van der Waals surface area contributed by atoms with E-state index in [4.69, 9.17) is 9.72 Å². The van der Waals surface area contributed by atoms with E-state index in [1.165, 1.54) is 0 Å². The van der Waals surface area contributed by atoms with Crippen molar-refractivity contribution in [2.45, 2.75) is 23.6 Å². The van der Waals surface area contributed by atoms with Gasteiger partial charge in [0.05, 0.1) is 35.6 Å². The third-order valence-electron chi connectivity index (χ3n) is 5.68. The number of rotatable bonds is 5. The number of aromatic amines is 1. The Morgan fingerprint density at radius 3 is 2.75 bits per heavy atom. The number of anilines is 1. The largest absolute Gasteiger partial charge is 0.377 e. The molecule has 0 amide bonds. The van der Waals surface area contributed by atoms with Gasteiger partial charge in [0, 0.05) is 29.9 Å². The Morgan fingerprint density at radius 2 is 1.94 bits per heavy atom. The summed E-state index contributed by atoms with van der Waals surface area (Å²) in [6.45, 7) is 3.98. The number of H-pyrrole nitrogens is 1. The summed E-state index contributed by atoms with van der Waals surface area (Å²) in [7, 11) is -3.54. The Bertz CT molecular complexity index is 1350. The number of morpholine rings is 1. The number of benzene rings is 2. The van der Waals surface area contributed by atoms with Crippen LogP contribution in [0, 0.1) is 0 Å². The van der Waals surface area contributed by atoms with Crippen LogP contribution in [0.5, 0.6) is 0 Å². The fourth-order valence-corrected chi connectivity index (χ4v) is 5.27. The van der Waals surface area contributed by atoms with Crippen molar-refractivity contribution in [3.63, 3.8) is 0 Å². The van der Waals surface area contributed by atoms with E-state index in [9.17, 15) is 8.42 Å². The molecule has 2 aromatic heterocycles. The van der Waals surface area contributed by atoms with Gasteiger partial charge >= 0.3 is 0 Å². The maximum atomic E-state index is 13.0. The summed E-state index contributed by atoms with van der Waals surface area (Å²) >= 11 is 0. The molecule has 1 N–H and O–H groups in total. The predicted molar refractivity (Wildman–Crippen MR) is 124 cm³/mol. The minimum Gasteiger partial charge on any atom is -0.377 e. The normalized spacial score (nSPS) is 17.0. The lowest BCUT2D eigenvalue weighted by molar-refractivity contribution is 0.0985. The van der Waals surface area contributed by atoms with Gasteiger partial charge in [-0.25, -0.2) is 18.4 Å². The molecule has 0 spiro atoms. The number of nitrogens with one attached hydrogen (secondary N) is 1.